The van der Waals surface area contributed by atoms with Crippen LogP contribution in [0.15, 0.2) is 123 Å². The summed E-state index contributed by atoms with van der Waals surface area (Å²) in [5.74, 6) is -0.178. The van der Waals surface area contributed by atoms with Crippen molar-refractivity contribution in [1.29, 1.82) is 0 Å². The van der Waals surface area contributed by atoms with Crippen molar-refractivity contribution in [3.8, 4) is 22.5 Å². The minimum Gasteiger partial charge on any atom is -0.459 e. The molecule has 4 aromatic rings. The van der Waals surface area contributed by atoms with E-state index in [2.05, 4.69) is 10.0 Å². The fourth-order valence-corrected chi connectivity index (χ4v) is 7.12. The van der Waals surface area contributed by atoms with Crippen LogP contribution in [-0.2, 0) is 32.6 Å². The van der Waals surface area contributed by atoms with Crippen LogP contribution in [-0.4, -0.2) is 26.5 Å². The fourth-order valence-electron chi connectivity index (χ4n) is 5.54. The maximum Gasteiger partial charge on any atom is 0.321 e. The van der Waals surface area contributed by atoms with E-state index in [1.54, 1.807) is 39.0 Å². The van der Waals surface area contributed by atoms with Gasteiger partial charge >= 0.3 is 5.97 Å². The van der Waals surface area contributed by atoms with E-state index in [1.807, 2.05) is 84.9 Å². The average Bonchev–Trinajstić information content (AvgIpc) is 3.08. The van der Waals surface area contributed by atoms with E-state index in [9.17, 15) is 13.2 Å². The van der Waals surface area contributed by atoms with E-state index in [0.717, 1.165) is 16.8 Å². The molecule has 1 aliphatic carbocycles. The quantitative estimate of drug-likeness (QED) is 0.108. The lowest BCUT2D eigenvalue weighted by molar-refractivity contribution is -0.153. The Morgan fingerprint density at radius 3 is 2.22 bits per heavy atom. The number of hydrogen-bond acceptors (Lipinski definition) is 7. The number of nitrogens with zero attached hydrogens (tertiary/aromatic N) is 1. The van der Waals surface area contributed by atoms with Crippen molar-refractivity contribution in [2.75, 3.05) is 11.9 Å². The first-order valence-electron chi connectivity index (χ1n) is 15.9. The zero-order valence-corrected chi connectivity index (χ0v) is 30.0. The molecule has 2 aliphatic rings. The van der Waals surface area contributed by atoms with Gasteiger partial charge in [-0.15, -0.1) is 0 Å². The molecule has 0 saturated heterocycles. The highest BCUT2D eigenvalue weighted by Gasteiger charge is 2.26. The summed E-state index contributed by atoms with van der Waals surface area (Å²) in [5, 5.41) is 6.05. The summed E-state index contributed by atoms with van der Waals surface area (Å²) in [7, 11) is -4.17. The molecule has 4 aromatic carbocycles. The molecule has 50 heavy (non-hydrogen) atoms. The van der Waals surface area contributed by atoms with Crippen LogP contribution in [0.25, 0.3) is 33.4 Å². The second-order valence-corrected chi connectivity index (χ2v) is 15.2. The summed E-state index contributed by atoms with van der Waals surface area (Å²) in [6.45, 7) is 5.50. The van der Waals surface area contributed by atoms with Gasteiger partial charge in [0, 0.05) is 56.5 Å². The number of nitrogens with one attached hydrogen (secondary N) is 2. The summed E-state index contributed by atoms with van der Waals surface area (Å²) < 4.78 is 41.8. The van der Waals surface area contributed by atoms with E-state index in [1.165, 1.54) is 6.07 Å². The Bertz CT molecular complexity index is 2350. The Balaban J connectivity index is 1.46. The molecule has 1 heterocycles. The van der Waals surface area contributed by atoms with Gasteiger partial charge in [0.25, 0.3) is 0 Å². The number of esters is 1. The number of sulfonamides is 1. The molecule has 0 spiro atoms. The second kappa shape index (κ2) is 14.7. The van der Waals surface area contributed by atoms with Crippen molar-refractivity contribution in [3.63, 3.8) is 0 Å². The lowest BCUT2D eigenvalue weighted by atomic mass is 9.93. The molecule has 8 nitrogen and oxygen atoms in total. The first-order valence-corrected chi connectivity index (χ1v) is 18.1. The molecule has 6 rings (SSSR count). The summed E-state index contributed by atoms with van der Waals surface area (Å²) in [6, 6.07) is 33.1. The molecule has 1 aliphatic heterocycles. The normalized spacial score (nSPS) is 12.4. The van der Waals surface area contributed by atoms with Crippen LogP contribution in [0.2, 0.25) is 10.0 Å². The molecular formula is C39H35Cl2N3O5S. The molecule has 0 unspecified atom stereocenters. The highest BCUT2D eigenvalue weighted by atomic mass is 35.5. The Hall–Kier alpha value is -4.67. The van der Waals surface area contributed by atoms with Gasteiger partial charge in [-0.3, -0.25) is 9.79 Å². The summed E-state index contributed by atoms with van der Waals surface area (Å²) in [4.78, 5) is 17.2. The zero-order valence-electron chi connectivity index (χ0n) is 27.7. The number of hydrogen-bond donors (Lipinski definition) is 2. The molecule has 0 atom stereocenters. The minimum atomic E-state index is -4.17. The Morgan fingerprint density at radius 1 is 0.820 bits per heavy atom. The number of fused-ring (bicyclic) bond motifs is 2. The van der Waals surface area contributed by atoms with Gasteiger partial charge in [0.2, 0.25) is 10.0 Å². The molecule has 0 fully saturated rings. The monoisotopic (exact) mass is 727 g/mol. The number of rotatable bonds is 10. The summed E-state index contributed by atoms with van der Waals surface area (Å²) in [6.07, 6.45) is 0. The van der Waals surface area contributed by atoms with E-state index in [-0.39, 0.29) is 4.90 Å². The van der Waals surface area contributed by atoms with Gasteiger partial charge in [-0.2, -0.15) is 4.72 Å². The molecule has 0 bridgehead atoms. The number of carbonyl (C=O) groups is 1. The maximum absolute atomic E-state index is 13.8. The van der Waals surface area contributed by atoms with Crippen LogP contribution in [0.1, 0.15) is 31.9 Å². The van der Waals surface area contributed by atoms with Gasteiger partial charge in [-0.1, -0.05) is 77.8 Å². The molecule has 11 heteroatoms. The Kier molecular flexibility index (Phi) is 10.3. The average molecular weight is 729 g/mol. The second-order valence-electron chi connectivity index (χ2n) is 12.6. The van der Waals surface area contributed by atoms with Gasteiger partial charge in [0.05, 0.1) is 16.8 Å². The molecule has 0 radical (unpaired) electrons. The third-order valence-electron chi connectivity index (χ3n) is 7.81. The van der Waals surface area contributed by atoms with Crippen molar-refractivity contribution >= 4 is 55.9 Å². The van der Waals surface area contributed by atoms with Crippen LogP contribution >= 0.6 is 23.2 Å². The Labute approximate surface area is 301 Å². The highest BCUT2D eigenvalue weighted by Crippen LogP contribution is 2.42. The minimum absolute atomic E-state index is 0.00534. The predicted octanol–water partition coefficient (Wildman–Crippen LogP) is 8.84. The summed E-state index contributed by atoms with van der Waals surface area (Å²) in [5.41, 5.74) is 4.14. The van der Waals surface area contributed by atoms with Crippen LogP contribution in [0, 0.1) is 0 Å². The SMILES string of the molecule is CC(C)(C)OC(=O)CNS(=O)(=O)c1ccccc1-c1c2ccc(=NCc3ccccc3Cl)cc-2oc2cc(NCc3ccccc3Cl)ccc12. The topological polar surface area (TPSA) is 110 Å². The van der Waals surface area contributed by atoms with E-state index in [4.69, 9.17) is 37.3 Å². The van der Waals surface area contributed by atoms with Crippen LogP contribution in [0.3, 0.4) is 0 Å². The molecule has 0 aromatic heterocycles. The fraction of sp³-hybridized carbons (Fsp3) is 0.179. The third kappa shape index (κ3) is 8.20. The first kappa shape index (κ1) is 35.2. The van der Waals surface area contributed by atoms with Crippen LogP contribution < -0.4 is 15.4 Å². The van der Waals surface area contributed by atoms with E-state index >= 15 is 0 Å². The Morgan fingerprint density at radius 2 is 1.50 bits per heavy atom. The van der Waals surface area contributed by atoms with Gasteiger partial charge < -0.3 is 14.5 Å². The van der Waals surface area contributed by atoms with Crippen molar-refractivity contribution in [2.24, 2.45) is 4.99 Å². The number of ether oxygens (including phenoxy) is 1. The van der Waals surface area contributed by atoms with Crippen LogP contribution in [0.5, 0.6) is 0 Å². The zero-order chi connectivity index (χ0) is 35.5. The van der Waals surface area contributed by atoms with Crippen molar-refractivity contribution < 1.29 is 22.4 Å². The largest absolute Gasteiger partial charge is 0.459 e. The number of carbonyl (C=O) groups excluding carboxylic acids is 1. The van der Waals surface area contributed by atoms with Gasteiger partial charge in [0.15, 0.2) is 0 Å². The standard InChI is InChI=1S/C39H35Cl2N3O5S/c1-39(2,3)49-37(45)24-44-50(46,47)36-15-9-6-12-31(36)38-29-18-16-27(42-22-25-10-4-7-13-32(25)40)20-34(29)48-35-21-28(17-19-30(35)38)43-23-26-11-5-8-14-33(26)41/h4-21,42,44H,22-24H2,1-3H3. The van der Waals surface area contributed by atoms with Gasteiger partial charge in [-0.25, -0.2) is 8.42 Å². The number of halogens is 2. The van der Waals surface area contributed by atoms with Gasteiger partial charge in [0.1, 0.15) is 23.5 Å². The van der Waals surface area contributed by atoms with E-state index < -0.39 is 28.1 Å². The first-order chi connectivity index (χ1) is 23.9. The van der Waals surface area contributed by atoms with E-state index in [0.29, 0.717) is 61.9 Å². The smallest absolute Gasteiger partial charge is 0.321 e. The lowest BCUT2D eigenvalue weighted by Crippen LogP contribution is -2.34. The van der Waals surface area contributed by atoms with Crippen molar-refractivity contribution in [1.82, 2.24) is 4.72 Å². The molecular weight excluding hydrogens is 693 g/mol. The van der Waals surface area contributed by atoms with Gasteiger partial charge in [-0.05, 0) is 74.4 Å². The molecule has 2 N–H and O–H groups in total. The maximum atomic E-state index is 13.8. The van der Waals surface area contributed by atoms with Crippen molar-refractivity contribution in [2.45, 2.75) is 44.4 Å². The third-order valence-corrected chi connectivity index (χ3v) is 10.0. The van der Waals surface area contributed by atoms with Crippen LogP contribution in [0.4, 0.5) is 5.69 Å². The summed E-state index contributed by atoms with van der Waals surface area (Å²) >= 11 is 12.8. The molecule has 0 saturated carbocycles. The highest BCUT2D eigenvalue weighted by molar-refractivity contribution is 7.89. The molecule has 0 amide bonds. The molecule has 256 valence electrons. The predicted molar refractivity (Wildman–Crippen MR) is 199 cm³/mol. The van der Waals surface area contributed by atoms with Crippen molar-refractivity contribution in [3.05, 3.63) is 136 Å². The number of benzene rings is 5. The lowest BCUT2D eigenvalue weighted by Gasteiger charge is -2.20. The number of anilines is 1.